The van der Waals surface area contributed by atoms with E-state index in [1.54, 1.807) is 41.0 Å². The summed E-state index contributed by atoms with van der Waals surface area (Å²) < 4.78 is 41.4. The zero-order valence-electron chi connectivity index (χ0n) is 25.8. The normalized spacial score (nSPS) is 11.1. The molecule has 12 heteroatoms. The zero-order valence-corrected chi connectivity index (χ0v) is 26.6. The van der Waals surface area contributed by atoms with Crippen LogP contribution in [0.25, 0.3) is 33.2 Å². The summed E-state index contributed by atoms with van der Waals surface area (Å²) in [6.45, 7) is 2.43. The number of hydrogen-bond donors (Lipinski definition) is 0. The molecular formula is C33H33ClN2O9. The van der Waals surface area contributed by atoms with Gasteiger partial charge in [0, 0.05) is 24.2 Å². The van der Waals surface area contributed by atoms with Gasteiger partial charge in [-0.2, -0.15) is 0 Å². The van der Waals surface area contributed by atoms with Crippen molar-refractivity contribution in [2.75, 3.05) is 42.2 Å². The number of ether oxygens (including phenoxy) is 6. The van der Waals surface area contributed by atoms with Gasteiger partial charge < -0.3 is 32.8 Å². The Labute approximate surface area is 263 Å². The van der Waals surface area contributed by atoms with E-state index in [0.29, 0.717) is 63.9 Å². The third-order valence-electron chi connectivity index (χ3n) is 7.34. The van der Waals surface area contributed by atoms with Crippen molar-refractivity contribution in [2.24, 2.45) is 0 Å². The minimum absolute atomic E-state index is 0.0186. The van der Waals surface area contributed by atoms with Gasteiger partial charge in [-0.1, -0.05) is 11.6 Å². The Morgan fingerprint density at radius 3 is 2.18 bits per heavy atom. The second-order valence-corrected chi connectivity index (χ2v) is 10.6. The summed E-state index contributed by atoms with van der Waals surface area (Å²) >= 11 is 6.29. The molecule has 0 bridgehead atoms. The molecule has 0 atom stereocenters. The van der Waals surface area contributed by atoms with Crippen LogP contribution in [0, 0.1) is 6.92 Å². The minimum Gasteiger partial charge on any atom is -0.496 e. The molecule has 5 rings (SSSR count). The van der Waals surface area contributed by atoms with Crippen LogP contribution in [0.3, 0.4) is 0 Å². The van der Waals surface area contributed by atoms with E-state index in [0.717, 1.165) is 5.56 Å². The lowest BCUT2D eigenvalue weighted by molar-refractivity contribution is 0.295. The Balaban J connectivity index is 1.48. The van der Waals surface area contributed by atoms with Crippen LogP contribution in [0.4, 0.5) is 0 Å². The molecule has 0 aliphatic carbocycles. The topological polar surface area (TPSA) is 120 Å². The first kappa shape index (κ1) is 31.5. The number of aryl methyl sites for hydroxylation is 2. The Bertz CT molecular complexity index is 1980. The quantitative estimate of drug-likeness (QED) is 0.150. The van der Waals surface area contributed by atoms with Gasteiger partial charge >= 0.3 is 0 Å². The van der Waals surface area contributed by atoms with E-state index in [4.69, 9.17) is 44.4 Å². The van der Waals surface area contributed by atoms with Crippen molar-refractivity contribution in [2.45, 2.75) is 26.3 Å². The molecule has 0 spiro atoms. The highest BCUT2D eigenvalue weighted by molar-refractivity contribution is 6.35. The van der Waals surface area contributed by atoms with E-state index < -0.39 is 5.43 Å². The molecule has 0 fully saturated rings. The smallest absolute Gasteiger partial charge is 0.261 e. The molecule has 0 N–H and O–H groups in total. The second-order valence-electron chi connectivity index (χ2n) is 10.1. The predicted molar refractivity (Wildman–Crippen MR) is 171 cm³/mol. The maximum Gasteiger partial charge on any atom is 0.261 e. The van der Waals surface area contributed by atoms with Gasteiger partial charge in [-0.25, -0.2) is 4.98 Å². The van der Waals surface area contributed by atoms with Gasteiger partial charge in [0.1, 0.15) is 22.5 Å². The molecule has 0 saturated heterocycles. The Kier molecular flexibility index (Phi) is 9.38. The summed E-state index contributed by atoms with van der Waals surface area (Å²) in [7, 11) is 7.46. The largest absolute Gasteiger partial charge is 0.496 e. The third kappa shape index (κ3) is 6.08. The number of methoxy groups -OCH3 is 5. The van der Waals surface area contributed by atoms with Crippen LogP contribution in [0.1, 0.15) is 18.4 Å². The highest BCUT2D eigenvalue weighted by Gasteiger charge is 2.24. The van der Waals surface area contributed by atoms with Crippen LogP contribution in [-0.4, -0.2) is 51.7 Å². The van der Waals surface area contributed by atoms with Crippen molar-refractivity contribution in [3.05, 3.63) is 73.9 Å². The van der Waals surface area contributed by atoms with Gasteiger partial charge in [0.25, 0.3) is 5.56 Å². The van der Waals surface area contributed by atoms with E-state index in [1.807, 2.05) is 6.92 Å². The molecule has 11 nitrogen and oxygen atoms in total. The predicted octanol–water partition coefficient (Wildman–Crippen LogP) is 6.03. The SMILES string of the molecule is COc1cc(OC)c2c(=O)c(OCCCCn3cnc4c(Cl)cc(C)cc4c3=O)c(-c3cc(OC)c(OC)c(OC)c3)oc2c1. The Hall–Kier alpha value is -4.90. The van der Waals surface area contributed by atoms with Crippen molar-refractivity contribution in [3.8, 4) is 45.8 Å². The Morgan fingerprint density at radius 1 is 0.822 bits per heavy atom. The molecule has 2 aromatic heterocycles. The molecule has 5 aromatic rings. The minimum atomic E-state index is -0.429. The van der Waals surface area contributed by atoms with Gasteiger partial charge in [-0.3, -0.25) is 14.2 Å². The number of unbranched alkanes of at least 4 members (excludes halogenated alkanes) is 1. The lowest BCUT2D eigenvalue weighted by atomic mass is 10.1. The molecule has 0 unspecified atom stereocenters. The standard InChI is InChI=1S/C33H33ClN2O9/c1-18-11-21-28(22(34)12-18)35-17-36(33(21)38)9-7-8-10-44-32-29(37)27-23(40-3)15-20(39-2)16-24(27)45-30(32)19-13-25(41-4)31(43-6)26(14-19)42-5/h11-17H,7-10H2,1-6H3. The third-order valence-corrected chi connectivity index (χ3v) is 7.63. The van der Waals surface area contributed by atoms with Crippen LogP contribution in [0.15, 0.2) is 56.7 Å². The van der Waals surface area contributed by atoms with Crippen LogP contribution >= 0.6 is 11.6 Å². The molecule has 2 heterocycles. The van der Waals surface area contributed by atoms with Crippen LogP contribution in [0.2, 0.25) is 5.02 Å². The Morgan fingerprint density at radius 2 is 1.53 bits per heavy atom. The number of halogens is 1. The molecule has 0 saturated carbocycles. The van der Waals surface area contributed by atoms with Crippen molar-refractivity contribution < 1.29 is 32.8 Å². The fourth-order valence-corrected chi connectivity index (χ4v) is 5.46. The zero-order chi connectivity index (χ0) is 32.2. The summed E-state index contributed by atoms with van der Waals surface area (Å²) in [5, 5.41) is 1.11. The molecule has 0 radical (unpaired) electrons. The summed E-state index contributed by atoms with van der Waals surface area (Å²) in [4.78, 5) is 31.4. The highest BCUT2D eigenvalue weighted by atomic mass is 35.5. The van der Waals surface area contributed by atoms with Crippen molar-refractivity contribution in [1.29, 1.82) is 0 Å². The number of hydrogen-bond acceptors (Lipinski definition) is 10. The van der Waals surface area contributed by atoms with E-state index in [2.05, 4.69) is 4.98 Å². The first-order valence-corrected chi connectivity index (χ1v) is 14.4. The molecule has 0 aliphatic rings. The van der Waals surface area contributed by atoms with Gasteiger partial charge in [0.05, 0.1) is 64.4 Å². The van der Waals surface area contributed by atoms with Crippen LogP contribution < -0.4 is 39.4 Å². The first-order valence-electron chi connectivity index (χ1n) is 14.1. The lowest BCUT2D eigenvalue weighted by Gasteiger charge is -2.17. The van der Waals surface area contributed by atoms with Gasteiger partial charge in [0.15, 0.2) is 17.3 Å². The summed E-state index contributed by atoms with van der Waals surface area (Å²) in [5.41, 5.74) is 1.46. The maximum absolute atomic E-state index is 14.0. The fraction of sp³-hybridized carbons (Fsp3) is 0.303. The van der Waals surface area contributed by atoms with Crippen molar-refractivity contribution in [1.82, 2.24) is 9.55 Å². The molecule has 0 aliphatic heterocycles. The number of rotatable bonds is 12. The van der Waals surface area contributed by atoms with Crippen molar-refractivity contribution in [3.63, 3.8) is 0 Å². The molecular weight excluding hydrogens is 604 g/mol. The lowest BCUT2D eigenvalue weighted by Crippen LogP contribution is -2.21. The van der Waals surface area contributed by atoms with Gasteiger partial charge in [-0.15, -0.1) is 0 Å². The first-order chi connectivity index (χ1) is 21.7. The summed E-state index contributed by atoms with van der Waals surface area (Å²) in [6.07, 6.45) is 2.59. The van der Waals surface area contributed by atoms with E-state index in [-0.39, 0.29) is 40.4 Å². The van der Waals surface area contributed by atoms with E-state index >= 15 is 0 Å². The number of fused-ring (bicyclic) bond motifs is 2. The highest BCUT2D eigenvalue weighted by Crippen LogP contribution is 2.44. The number of benzene rings is 3. The average molecular weight is 637 g/mol. The molecule has 45 heavy (non-hydrogen) atoms. The van der Waals surface area contributed by atoms with Gasteiger partial charge in [0.2, 0.25) is 16.9 Å². The van der Waals surface area contributed by atoms with Gasteiger partial charge in [-0.05, 0) is 49.6 Å². The fourth-order valence-electron chi connectivity index (χ4n) is 5.14. The maximum atomic E-state index is 14.0. The van der Waals surface area contributed by atoms with E-state index in [1.165, 1.54) is 41.9 Å². The molecule has 3 aromatic carbocycles. The van der Waals surface area contributed by atoms with Crippen molar-refractivity contribution >= 4 is 33.5 Å². The summed E-state index contributed by atoms with van der Waals surface area (Å²) in [5.74, 6) is 1.98. The molecule has 0 amide bonds. The van der Waals surface area contributed by atoms with Crippen LogP contribution in [0.5, 0.6) is 34.5 Å². The number of aromatic nitrogens is 2. The summed E-state index contributed by atoms with van der Waals surface area (Å²) in [6, 6.07) is 10.1. The molecule has 236 valence electrons. The average Bonchev–Trinajstić information content (AvgIpc) is 3.04. The monoisotopic (exact) mass is 636 g/mol. The van der Waals surface area contributed by atoms with E-state index in [9.17, 15) is 9.59 Å². The second kappa shape index (κ2) is 13.4. The number of nitrogens with zero attached hydrogens (tertiary/aromatic N) is 2. The van der Waals surface area contributed by atoms with Crippen LogP contribution in [-0.2, 0) is 6.54 Å².